The van der Waals surface area contributed by atoms with Crippen LogP contribution in [0.4, 0.5) is 5.69 Å². The zero-order valence-corrected chi connectivity index (χ0v) is 12.9. The van der Waals surface area contributed by atoms with Gasteiger partial charge >= 0.3 is 5.97 Å². The lowest BCUT2D eigenvalue weighted by molar-refractivity contribution is 0.0697. The number of likely N-dealkylation sites (tertiary alicyclic amines) is 1. The maximum Gasteiger partial charge on any atom is 0.337 e. The molecule has 0 bridgehead atoms. The Morgan fingerprint density at radius 2 is 2.05 bits per heavy atom. The van der Waals surface area contributed by atoms with E-state index in [9.17, 15) is 9.90 Å². The van der Waals surface area contributed by atoms with E-state index in [4.69, 9.17) is 0 Å². The number of piperidine rings is 1. The molecule has 1 heterocycles. The highest BCUT2D eigenvalue weighted by atomic mass is 79.9. The van der Waals surface area contributed by atoms with Crippen molar-refractivity contribution in [1.29, 1.82) is 0 Å². The van der Waals surface area contributed by atoms with E-state index < -0.39 is 5.97 Å². The molecular weight excluding hydrogens is 308 g/mol. The molecular formula is C14H19BrN2O2. The van der Waals surface area contributed by atoms with E-state index in [1.54, 1.807) is 6.07 Å². The second-order valence-electron chi connectivity index (χ2n) is 5.11. The van der Waals surface area contributed by atoms with E-state index in [-0.39, 0.29) is 0 Å². The number of aromatic carboxylic acids is 1. The van der Waals surface area contributed by atoms with Crippen molar-refractivity contribution >= 4 is 27.6 Å². The molecule has 1 aromatic carbocycles. The van der Waals surface area contributed by atoms with Gasteiger partial charge in [-0.2, -0.15) is 0 Å². The minimum atomic E-state index is -0.879. The van der Waals surface area contributed by atoms with Gasteiger partial charge in [-0.15, -0.1) is 0 Å². The second kappa shape index (κ2) is 5.92. The van der Waals surface area contributed by atoms with Crippen LogP contribution in [0.5, 0.6) is 0 Å². The molecule has 1 aliphatic heterocycles. The summed E-state index contributed by atoms with van der Waals surface area (Å²) < 4.78 is 0.797. The summed E-state index contributed by atoms with van der Waals surface area (Å²) in [5.74, 6) is -0.879. The fraction of sp³-hybridized carbons (Fsp3) is 0.500. The topological polar surface area (TPSA) is 43.8 Å². The summed E-state index contributed by atoms with van der Waals surface area (Å²) >= 11 is 3.33. The molecule has 1 aromatic rings. The molecule has 0 spiro atoms. The Morgan fingerprint density at radius 3 is 2.63 bits per heavy atom. The van der Waals surface area contributed by atoms with E-state index in [0.717, 1.165) is 36.1 Å². The minimum Gasteiger partial charge on any atom is -0.478 e. The highest BCUT2D eigenvalue weighted by Gasteiger charge is 2.23. The maximum atomic E-state index is 11.4. The molecule has 1 N–H and O–H groups in total. The standard InChI is InChI=1S/C14H19BrN2O2/c1-16-7-5-11(6-8-16)17(2)13-4-3-10(15)9-12(13)14(18)19/h3-4,9,11H,5-8H2,1-2H3,(H,18,19). The molecule has 1 fully saturated rings. The summed E-state index contributed by atoms with van der Waals surface area (Å²) in [6.07, 6.45) is 2.14. The molecule has 104 valence electrons. The number of rotatable bonds is 3. The van der Waals surface area contributed by atoms with Crippen LogP contribution in [-0.2, 0) is 0 Å². The van der Waals surface area contributed by atoms with Crippen molar-refractivity contribution in [2.24, 2.45) is 0 Å². The van der Waals surface area contributed by atoms with E-state index in [1.807, 2.05) is 19.2 Å². The quantitative estimate of drug-likeness (QED) is 0.927. The van der Waals surface area contributed by atoms with E-state index in [2.05, 4.69) is 32.8 Å². The van der Waals surface area contributed by atoms with Crippen LogP contribution in [0.15, 0.2) is 22.7 Å². The van der Waals surface area contributed by atoms with Gasteiger partial charge in [0.05, 0.1) is 11.3 Å². The average molecular weight is 327 g/mol. The predicted molar refractivity (Wildman–Crippen MR) is 80.0 cm³/mol. The van der Waals surface area contributed by atoms with Crippen LogP contribution in [0.3, 0.4) is 0 Å². The molecule has 0 aliphatic carbocycles. The SMILES string of the molecule is CN1CCC(N(C)c2ccc(Br)cc2C(=O)O)CC1. The van der Waals surface area contributed by atoms with Gasteiger partial charge in [-0.3, -0.25) is 0 Å². The van der Waals surface area contributed by atoms with Crippen LogP contribution in [0.1, 0.15) is 23.2 Å². The monoisotopic (exact) mass is 326 g/mol. The Hall–Kier alpha value is -1.07. The first kappa shape index (κ1) is 14.3. The predicted octanol–water partition coefficient (Wildman–Crippen LogP) is 2.68. The lowest BCUT2D eigenvalue weighted by Gasteiger charge is -2.37. The number of hydrogen-bond acceptors (Lipinski definition) is 3. The highest BCUT2D eigenvalue weighted by molar-refractivity contribution is 9.10. The first-order valence-corrected chi connectivity index (χ1v) is 7.22. The fourth-order valence-electron chi connectivity index (χ4n) is 2.57. The molecule has 19 heavy (non-hydrogen) atoms. The van der Waals surface area contributed by atoms with Crippen LogP contribution in [0.25, 0.3) is 0 Å². The average Bonchev–Trinajstić information content (AvgIpc) is 2.38. The van der Waals surface area contributed by atoms with Gasteiger partial charge in [0.1, 0.15) is 0 Å². The Bertz CT molecular complexity index is 471. The zero-order chi connectivity index (χ0) is 14.0. The summed E-state index contributed by atoms with van der Waals surface area (Å²) in [6, 6.07) is 5.86. The van der Waals surface area contributed by atoms with Gasteiger partial charge in [0.15, 0.2) is 0 Å². The summed E-state index contributed by atoms with van der Waals surface area (Å²) in [6.45, 7) is 2.13. The molecule has 5 heteroatoms. The molecule has 0 saturated carbocycles. The van der Waals surface area contributed by atoms with Gasteiger partial charge in [-0.05, 0) is 51.2 Å². The summed E-state index contributed by atoms with van der Waals surface area (Å²) in [7, 11) is 4.12. The largest absolute Gasteiger partial charge is 0.478 e. The Balaban J connectivity index is 2.23. The molecule has 0 aromatic heterocycles. The lowest BCUT2D eigenvalue weighted by Crippen LogP contribution is -2.42. The van der Waals surface area contributed by atoms with E-state index in [0.29, 0.717) is 11.6 Å². The minimum absolute atomic E-state index is 0.357. The molecule has 4 nitrogen and oxygen atoms in total. The molecule has 0 atom stereocenters. The van der Waals surface area contributed by atoms with Crippen molar-refractivity contribution in [3.63, 3.8) is 0 Å². The van der Waals surface area contributed by atoms with Gasteiger partial charge in [0.25, 0.3) is 0 Å². The van der Waals surface area contributed by atoms with E-state index >= 15 is 0 Å². The highest BCUT2D eigenvalue weighted by Crippen LogP contribution is 2.28. The molecule has 0 unspecified atom stereocenters. The lowest BCUT2D eigenvalue weighted by atomic mass is 10.0. The Kier molecular flexibility index (Phi) is 4.47. The van der Waals surface area contributed by atoms with Gasteiger partial charge < -0.3 is 14.9 Å². The summed E-state index contributed by atoms with van der Waals surface area (Å²) in [5, 5.41) is 9.32. The first-order valence-electron chi connectivity index (χ1n) is 6.43. The summed E-state index contributed by atoms with van der Waals surface area (Å²) in [4.78, 5) is 15.8. The maximum absolute atomic E-state index is 11.4. The van der Waals surface area contributed by atoms with Gasteiger partial charge in [-0.25, -0.2) is 4.79 Å². The molecule has 1 aliphatic rings. The van der Waals surface area contributed by atoms with Crippen molar-refractivity contribution in [2.75, 3.05) is 32.1 Å². The molecule has 1 saturated heterocycles. The summed E-state index contributed by atoms with van der Waals surface area (Å²) in [5.41, 5.74) is 1.15. The third-order valence-electron chi connectivity index (χ3n) is 3.80. The van der Waals surface area contributed by atoms with Gasteiger partial charge in [0, 0.05) is 17.6 Å². The number of carboxylic acids is 1. The van der Waals surface area contributed by atoms with Crippen molar-refractivity contribution in [3.05, 3.63) is 28.2 Å². The number of hydrogen-bond donors (Lipinski definition) is 1. The van der Waals surface area contributed by atoms with Crippen LogP contribution < -0.4 is 4.90 Å². The Labute approximate surface area is 122 Å². The van der Waals surface area contributed by atoms with Crippen LogP contribution in [0, 0.1) is 0 Å². The molecule has 2 rings (SSSR count). The van der Waals surface area contributed by atoms with Gasteiger partial charge in [0.2, 0.25) is 0 Å². The van der Waals surface area contributed by atoms with Crippen molar-refractivity contribution in [3.8, 4) is 0 Å². The van der Waals surface area contributed by atoms with Crippen molar-refractivity contribution < 1.29 is 9.90 Å². The molecule has 0 radical (unpaired) electrons. The number of carboxylic acid groups (broad SMARTS) is 1. The first-order chi connectivity index (χ1) is 8.99. The van der Waals surface area contributed by atoms with Gasteiger partial charge in [-0.1, -0.05) is 15.9 Å². The van der Waals surface area contributed by atoms with Crippen molar-refractivity contribution in [1.82, 2.24) is 4.90 Å². The third-order valence-corrected chi connectivity index (χ3v) is 4.30. The normalized spacial score (nSPS) is 17.4. The number of nitrogens with zero attached hydrogens (tertiary/aromatic N) is 2. The number of carbonyl (C=O) groups is 1. The smallest absolute Gasteiger partial charge is 0.337 e. The Morgan fingerprint density at radius 1 is 1.42 bits per heavy atom. The second-order valence-corrected chi connectivity index (χ2v) is 6.03. The number of anilines is 1. The fourth-order valence-corrected chi connectivity index (χ4v) is 2.93. The van der Waals surface area contributed by atoms with Crippen LogP contribution in [-0.4, -0.2) is 49.2 Å². The number of benzene rings is 1. The third kappa shape index (κ3) is 3.28. The van der Waals surface area contributed by atoms with E-state index in [1.165, 1.54) is 0 Å². The zero-order valence-electron chi connectivity index (χ0n) is 11.3. The molecule has 0 amide bonds. The van der Waals surface area contributed by atoms with Crippen LogP contribution >= 0.6 is 15.9 Å². The van der Waals surface area contributed by atoms with Crippen LogP contribution in [0.2, 0.25) is 0 Å². The van der Waals surface area contributed by atoms with Crippen molar-refractivity contribution in [2.45, 2.75) is 18.9 Å². The number of halogens is 1.